The Kier molecular flexibility index (Phi) is 5.74. The predicted octanol–water partition coefficient (Wildman–Crippen LogP) is 4.14. The highest BCUT2D eigenvalue weighted by molar-refractivity contribution is 5.68. The molecule has 0 radical (unpaired) electrons. The molecular formula is C22H23N3O4. The van der Waals surface area contributed by atoms with Crippen LogP contribution in [-0.4, -0.2) is 34.8 Å². The fraction of sp³-hybridized carbons (Fsp3) is 0.318. The molecule has 7 nitrogen and oxygen atoms in total. The van der Waals surface area contributed by atoms with E-state index in [4.69, 9.17) is 14.0 Å². The fourth-order valence-corrected chi connectivity index (χ4v) is 3.44. The van der Waals surface area contributed by atoms with Gasteiger partial charge < -0.3 is 14.0 Å². The van der Waals surface area contributed by atoms with Crippen LogP contribution in [0.1, 0.15) is 41.7 Å². The molecule has 7 heteroatoms. The van der Waals surface area contributed by atoms with E-state index in [9.17, 15) is 4.79 Å². The molecule has 4 rings (SSSR count). The maximum atomic E-state index is 12.6. The zero-order valence-corrected chi connectivity index (χ0v) is 16.3. The van der Waals surface area contributed by atoms with Crippen LogP contribution >= 0.6 is 0 Å². The molecule has 0 spiro atoms. The van der Waals surface area contributed by atoms with E-state index in [1.807, 2.05) is 54.6 Å². The van der Waals surface area contributed by atoms with Crippen molar-refractivity contribution in [3.63, 3.8) is 0 Å². The third-order valence-electron chi connectivity index (χ3n) is 4.98. The van der Waals surface area contributed by atoms with Gasteiger partial charge in [-0.25, -0.2) is 4.79 Å². The third-order valence-corrected chi connectivity index (χ3v) is 4.98. The lowest BCUT2D eigenvalue weighted by Gasteiger charge is -2.21. The Morgan fingerprint density at radius 2 is 1.93 bits per heavy atom. The predicted molar refractivity (Wildman–Crippen MR) is 105 cm³/mol. The monoisotopic (exact) mass is 393 g/mol. The number of hydrogen-bond donors (Lipinski definition) is 0. The number of ether oxygens (including phenoxy) is 2. The van der Waals surface area contributed by atoms with Gasteiger partial charge in [-0.3, -0.25) is 4.90 Å². The van der Waals surface area contributed by atoms with Crippen molar-refractivity contribution in [3.05, 3.63) is 77.4 Å². The molecule has 3 aromatic rings. The first-order chi connectivity index (χ1) is 14.2. The number of aromatic nitrogens is 2. The Bertz CT molecular complexity index is 940. The Labute approximate surface area is 169 Å². The minimum absolute atomic E-state index is 0.240. The summed E-state index contributed by atoms with van der Waals surface area (Å²) >= 11 is 0. The molecule has 0 N–H and O–H groups in total. The summed E-state index contributed by atoms with van der Waals surface area (Å²) in [5.41, 5.74) is 2.01. The molecule has 150 valence electrons. The summed E-state index contributed by atoms with van der Waals surface area (Å²) in [6.07, 6.45) is 1.86. The lowest BCUT2D eigenvalue weighted by molar-refractivity contribution is 0.0865. The molecule has 29 heavy (non-hydrogen) atoms. The van der Waals surface area contributed by atoms with E-state index in [2.05, 4.69) is 10.1 Å². The number of carbonyl (C=O) groups is 1. The standard InChI is InChI=1S/C22H23N3O4/c1-27-18-11-9-16(10-12-18)14-20-23-21(29-24-20)19-8-5-13-25(19)22(26)28-15-17-6-3-2-4-7-17/h2-4,6-7,9-12,19H,5,8,13-15H2,1H3/t19-/m0/s1. The molecule has 1 atom stereocenters. The number of nitrogens with zero attached hydrogens (tertiary/aromatic N) is 3. The zero-order chi connectivity index (χ0) is 20.1. The van der Waals surface area contributed by atoms with Gasteiger partial charge in [-0.15, -0.1) is 0 Å². The summed E-state index contributed by atoms with van der Waals surface area (Å²) in [4.78, 5) is 18.8. The molecule has 0 aliphatic carbocycles. The molecule has 0 unspecified atom stereocenters. The lowest BCUT2D eigenvalue weighted by Crippen LogP contribution is -2.31. The van der Waals surface area contributed by atoms with E-state index in [-0.39, 0.29) is 18.7 Å². The molecular weight excluding hydrogens is 370 g/mol. The number of hydrogen-bond acceptors (Lipinski definition) is 6. The van der Waals surface area contributed by atoms with Crippen LogP contribution in [0.25, 0.3) is 0 Å². The molecule has 2 aromatic carbocycles. The summed E-state index contributed by atoms with van der Waals surface area (Å²) in [6, 6.07) is 17.1. The van der Waals surface area contributed by atoms with Gasteiger partial charge in [0, 0.05) is 13.0 Å². The third kappa shape index (κ3) is 4.56. The second-order valence-electron chi connectivity index (χ2n) is 6.97. The minimum Gasteiger partial charge on any atom is -0.497 e. The number of rotatable bonds is 6. The molecule has 1 aliphatic rings. The number of methoxy groups -OCH3 is 1. The van der Waals surface area contributed by atoms with Crippen LogP contribution in [0.5, 0.6) is 5.75 Å². The van der Waals surface area contributed by atoms with Crippen molar-refractivity contribution < 1.29 is 18.8 Å². The first-order valence-electron chi connectivity index (χ1n) is 9.65. The van der Waals surface area contributed by atoms with Gasteiger partial charge in [-0.1, -0.05) is 47.6 Å². The van der Waals surface area contributed by atoms with Gasteiger partial charge in [0.15, 0.2) is 5.82 Å². The van der Waals surface area contributed by atoms with Crippen LogP contribution < -0.4 is 4.74 Å². The second kappa shape index (κ2) is 8.77. The van der Waals surface area contributed by atoms with Crippen LogP contribution in [0.15, 0.2) is 59.1 Å². The zero-order valence-electron chi connectivity index (χ0n) is 16.3. The van der Waals surface area contributed by atoms with Gasteiger partial charge in [-0.2, -0.15) is 4.98 Å². The Morgan fingerprint density at radius 1 is 1.14 bits per heavy atom. The number of amides is 1. The first-order valence-corrected chi connectivity index (χ1v) is 9.65. The maximum Gasteiger partial charge on any atom is 0.410 e. The van der Waals surface area contributed by atoms with E-state index >= 15 is 0 Å². The smallest absolute Gasteiger partial charge is 0.410 e. The van der Waals surface area contributed by atoms with Gasteiger partial charge in [-0.05, 0) is 36.1 Å². The molecule has 1 aromatic heterocycles. The molecule has 0 saturated carbocycles. The minimum atomic E-state index is -0.355. The van der Waals surface area contributed by atoms with Crippen molar-refractivity contribution in [1.29, 1.82) is 0 Å². The van der Waals surface area contributed by atoms with Gasteiger partial charge in [0.1, 0.15) is 18.4 Å². The highest BCUT2D eigenvalue weighted by Gasteiger charge is 2.35. The topological polar surface area (TPSA) is 77.7 Å². The average molecular weight is 393 g/mol. The van der Waals surface area contributed by atoms with Crippen LogP contribution in [0.2, 0.25) is 0 Å². The maximum absolute atomic E-state index is 12.6. The van der Waals surface area contributed by atoms with Crippen LogP contribution in [0.3, 0.4) is 0 Å². The molecule has 2 heterocycles. The molecule has 0 bridgehead atoms. The van der Waals surface area contributed by atoms with Gasteiger partial charge >= 0.3 is 6.09 Å². The van der Waals surface area contributed by atoms with Crippen LogP contribution in [-0.2, 0) is 17.8 Å². The van der Waals surface area contributed by atoms with Gasteiger partial charge in [0.25, 0.3) is 0 Å². The lowest BCUT2D eigenvalue weighted by atomic mass is 10.1. The normalized spacial score (nSPS) is 16.0. The molecule has 1 fully saturated rings. The van der Waals surface area contributed by atoms with E-state index in [0.29, 0.717) is 24.7 Å². The van der Waals surface area contributed by atoms with E-state index in [1.165, 1.54) is 0 Å². The summed E-state index contributed by atoms with van der Waals surface area (Å²) in [5, 5.41) is 4.09. The van der Waals surface area contributed by atoms with Crippen molar-refractivity contribution in [1.82, 2.24) is 15.0 Å². The summed E-state index contributed by atoms with van der Waals surface area (Å²) in [5.74, 6) is 1.86. The molecule has 1 aliphatic heterocycles. The first kappa shape index (κ1) is 19.0. The largest absolute Gasteiger partial charge is 0.497 e. The van der Waals surface area contributed by atoms with E-state index in [0.717, 1.165) is 29.7 Å². The highest BCUT2D eigenvalue weighted by Crippen LogP contribution is 2.31. The van der Waals surface area contributed by atoms with Crippen LogP contribution in [0, 0.1) is 0 Å². The number of carbonyl (C=O) groups excluding carboxylic acids is 1. The van der Waals surface area contributed by atoms with Gasteiger partial charge in [0.2, 0.25) is 5.89 Å². The fourth-order valence-electron chi connectivity index (χ4n) is 3.44. The second-order valence-corrected chi connectivity index (χ2v) is 6.97. The number of benzene rings is 2. The SMILES string of the molecule is COc1ccc(Cc2noc([C@@H]3CCCN3C(=O)OCc3ccccc3)n2)cc1. The van der Waals surface area contributed by atoms with Gasteiger partial charge in [0.05, 0.1) is 7.11 Å². The van der Waals surface area contributed by atoms with E-state index < -0.39 is 0 Å². The highest BCUT2D eigenvalue weighted by atomic mass is 16.6. The summed E-state index contributed by atoms with van der Waals surface area (Å²) in [6.45, 7) is 0.865. The average Bonchev–Trinajstić information content (AvgIpc) is 3.43. The van der Waals surface area contributed by atoms with Crippen molar-refractivity contribution in [2.45, 2.75) is 31.9 Å². The number of likely N-dealkylation sites (tertiary alicyclic amines) is 1. The Balaban J connectivity index is 1.38. The Hall–Kier alpha value is -3.35. The van der Waals surface area contributed by atoms with Crippen molar-refractivity contribution >= 4 is 6.09 Å². The quantitative estimate of drug-likeness (QED) is 0.626. The van der Waals surface area contributed by atoms with Crippen molar-refractivity contribution in [3.8, 4) is 5.75 Å². The molecule has 1 saturated heterocycles. The van der Waals surface area contributed by atoms with E-state index in [1.54, 1.807) is 12.0 Å². The van der Waals surface area contributed by atoms with Crippen molar-refractivity contribution in [2.24, 2.45) is 0 Å². The van der Waals surface area contributed by atoms with Crippen LogP contribution in [0.4, 0.5) is 4.79 Å². The summed E-state index contributed by atoms with van der Waals surface area (Å²) in [7, 11) is 1.64. The summed E-state index contributed by atoms with van der Waals surface area (Å²) < 4.78 is 16.1. The molecule has 1 amide bonds. The van der Waals surface area contributed by atoms with Crippen molar-refractivity contribution in [2.75, 3.05) is 13.7 Å². The Morgan fingerprint density at radius 3 is 2.69 bits per heavy atom.